The van der Waals surface area contributed by atoms with Gasteiger partial charge in [0.1, 0.15) is 12.2 Å². The number of esters is 2. The molecule has 0 radical (unpaired) electrons. The third-order valence-electron chi connectivity index (χ3n) is 5.35. The van der Waals surface area contributed by atoms with Crippen LogP contribution in [0, 0.1) is 22.7 Å². The molecule has 0 aliphatic rings. The van der Waals surface area contributed by atoms with Crippen LogP contribution in [0.2, 0.25) is 0 Å². The summed E-state index contributed by atoms with van der Waals surface area (Å²) in [6, 6.07) is 11.7. The Morgan fingerprint density at radius 2 is 1.11 bits per heavy atom. The second kappa shape index (κ2) is 15.6. The molecule has 12 nitrogen and oxygen atoms in total. The average molecular weight is 527 g/mol. The highest BCUT2D eigenvalue weighted by atomic mass is 16.6. The summed E-state index contributed by atoms with van der Waals surface area (Å²) in [7, 11) is 0. The average Bonchev–Trinajstić information content (AvgIpc) is 2.90. The standard InChI is InChI=1S/C26H30N4O8/c27-9-1-3-11-29-15-23(17-5-7-19(31)21(33)13-17)37-25(35)26(36)38-24(16-30-12-4-2-10-28)18-6-8-20(32)22(34)14-18/h5-8,13-14,23-24,29-34H,1-4,11-12,15-16H2/t23-,24-/m0/s1. The number of rotatable bonds is 14. The third-order valence-corrected chi connectivity index (χ3v) is 5.35. The van der Waals surface area contributed by atoms with Gasteiger partial charge < -0.3 is 40.5 Å². The molecule has 0 saturated heterocycles. The molecule has 0 saturated carbocycles. The van der Waals surface area contributed by atoms with E-state index in [0.717, 1.165) is 0 Å². The zero-order valence-corrected chi connectivity index (χ0v) is 20.6. The highest BCUT2D eigenvalue weighted by molar-refractivity contribution is 6.29. The van der Waals surface area contributed by atoms with Gasteiger partial charge in [0.15, 0.2) is 23.0 Å². The van der Waals surface area contributed by atoms with E-state index in [1.807, 2.05) is 12.1 Å². The van der Waals surface area contributed by atoms with Crippen LogP contribution in [-0.2, 0) is 19.1 Å². The predicted molar refractivity (Wildman–Crippen MR) is 133 cm³/mol. The molecular weight excluding hydrogens is 496 g/mol. The van der Waals surface area contributed by atoms with E-state index in [9.17, 15) is 30.0 Å². The molecule has 0 bridgehead atoms. The molecule has 202 valence electrons. The van der Waals surface area contributed by atoms with E-state index >= 15 is 0 Å². The normalized spacial score (nSPS) is 12.1. The van der Waals surface area contributed by atoms with E-state index < -0.39 is 35.6 Å². The lowest BCUT2D eigenvalue weighted by Crippen LogP contribution is -2.32. The van der Waals surface area contributed by atoms with Crippen molar-refractivity contribution in [2.24, 2.45) is 0 Å². The van der Waals surface area contributed by atoms with Gasteiger partial charge in [-0.3, -0.25) is 0 Å². The summed E-state index contributed by atoms with van der Waals surface area (Å²) < 4.78 is 10.7. The van der Waals surface area contributed by atoms with Crippen LogP contribution in [0.4, 0.5) is 0 Å². The highest BCUT2D eigenvalue weighted by Gasteiger charge is 2.28. The summed E-state index contributed by atoms with van der Waals surface area (Å²) in [6.07, 6.45) is -0.344. The van der Waals surface area contributed by atoms with Gasteiger partial charge in [-0.25, -0.2) is 9.59 Å². The quantitative estimate of drug-likeness (QED) is 0.0906. The first-order chi connectivity index (χ1) is 18.3. The van der Waals surface area contributed by atoms with Crippen LogP contribution < -0.4 is 10.6 Å². The minimum absolute atomic E-state index is 0.0460. The number of unbranched alkanes of at least 4 members (excludes halogenated alkanes) is 2. The van der Waals surface area contributed by atoms with Crippen LogP contribution in [0.5, 0.6) is 23.0 Å². The summed E-state index contributed by atoms with van der Waals surface area (Å²) in [4.78, 5) is 25.4. The van der Waals surface area contributed by atoms with Gasteiger partial charge in [-0.05, 0) is 61.3 Å². The first-order valence-electron chi connectivity index (χ1n) is 11.9. The number of ether oxygens (including phenoxy) is 2. The predicted octanol–water partition coefficient (Wildman–Crippen LogP) is 2.16. The number of nitrogens with one attached hydrogen (secondary N) is 2. The van der Waals surface area contributed by atoms with Crippen molar-refractivity contribution in [1.29, 1.82) is 10.5 Å². The Balaban J connectivity index is 2.13. The van der Waals surface area contributed by atoms with Crippen molar-refractivity contribution in [2.45, 2.75) is 37.9 Å². The zero-order valence-electron chi connectivity index (χ0n) is 20.6. The number of nitriles is 2. The summed E-state index contributed by atoms with van der Waals surface area (Å²) in [5.74, 6) is -4.27. The molecular formula is C26H30N4O8. The monoisotopic (exact) mass is 526 g/mol. The minimum Gasteiger partial charge on any atom is -0.504 e. The van der Waals surface area contributed by atoms with Crippen molar-refractivity contribution in [3.05, 3.63) is 47.5 Å². The van der Waals surface area contributed by atoms with E-state index in [2.05, 4.69) is 10.6 Å². The largest absolute Gasteiger partial charge is 0.504 e. The lowest BCUT2D eigenvalue weighted by atomic mass is 10.1. The van der Waals surface area contributed by atoms with Crippen LogP contribution in [-0.4, -0.2) is 58.5 Å². The highest BCUT2D eigenvalue weighted by Crippen LogP contribution is 2.31. The van der Waals surface area contributed by atoms with Crippen LogP contribution >= 0.6 is 0 Å². The van der Waals surface area contributed by atoms with Crippen molar-refractivity contribution in [2.75, 3.05) is 26.2 Å². The van der Waals surface area contributed by atoms with Crippen molar-refractivity contribution >= 4 is 11.9 Å². The first kappa shape index (κ1) is 29.7. The molecule has 0 amide bonds. The maximum Gasteiger partial charge on any atom is 0.418 e. The molecule has 0 fully saturated rings. The SMILES string of the molecule is N#CCCCNC[C@H](OC(=O)C(=O)O[C@@H](CNCCCC#N)c1ccc(O)c(O)c1)c1ccc(O)c(O)c1. The Morgan fingerprint density at radius 1 is 0.711 bits per heavy atom. The van der Waals surface area contributed by atoms with E-state index in [-0.39, 0.29) is 24.6 Å². The third kappa shape index (κ3) is 9.50. The molecule has 2 aromatic rings. The summed E-state index contributed by atoms with van der Waals surface area (Å²) in [5.41, 5.74) is 0.599. The molecule has 6 N–H and O–H groups in total. The molecule has 0 heterocycles. The maximum atomic E-state index is 12.7. The van der Waals surface area contributed by atoms with Gasteiger partial charge in [-0.2, -0.15) is 10.5 Å². The Morgan fingerprint density at radius 3 is 1.45 bits per heavy atom. The Bertz CT molecular complexity index is 1080. The fourth-order valence-corrected chi connectivity index (χ4v) is 3.34. The number of nitrogens with zero attached hydrogens (tertiary/aromatic N) is 2. The molecule has 0 aliphatic heterocycles. The van der Waals surface area contributed by atoms with Crippen LogP contribution in [0.25, 0.3) is 0 Å². The number of phenolic OH excluding ortho intramolecular Hbond substituents is 4. The van der Waals surface area contributed by atoms with E-state index in [1.54, 1.807) is 0 Å². The van der Waals surface area contributed by atoms with Gasteiger partial charge >= 0.3 is 11.9 Å². The van der Waals surface area contributed by atoms with Crippen LogP contribution in [0.3, 0.4) is 0 Å². The van der Waals surface area contributed by atoms with Gasteiger partial charge in [-0.1, -0.05) is 12.1 Å². The Hall–Kier alpha value is -4.52. The zero-order chi connectivity index (χ0) is 27.9. The number of phenols is 4. The summed E-state index contributed by atoms with van der Waals surface area (Å²) in [5, 5.41) is 62.3. The van der Waals surface area contributed by atoms with E-state index in [1.165, 1.54) is 36.4 Å². The number of hydrogen-bond acceptors (Lipinski definition) is 12. The second-order valence-corrected chi connectivity index (χ2v) is 8.22. The fourth-order valence-electron chi connectivity index (χ4n) is 3.34. The molecule has 2 rings (SSSR count). The van der Waals surface area contributed by atoms with Crippen LogP contribution in [0.1, 0.15) is 49.0 Å². The summed E-state index contributed by atoms with van der Waals surface area (Å²) in [6.45, 7) is 0.953. The molecule has 38 heavy (non-hydrogen) atoms. The molecule has 12 heteroatoms. The Labute approximate surface area is 219 Å². The van der Waals surface area contributed by atoms with Gasteiger partial charge in [0.2, 0.25) is 0 Å². The van der Waals surface area contributed by atoms with E-state index in [0.29, 0.717) is 49.9 Å². The Kier molecular flexibility index (Phi) is 12.2. The molecule has 0 spiro atoms. The molecule has 2 aromatic carbocycles. The van der Waals surface area contributed by atoms with Gasteiger partial charge in [-0.15, -0.1) is 0 Å². The van der Waals surface area contributed by atoms with Crippen molar-refractivity contribution in [1.82, 2.24) is 10.6 Å². The van der Waals surface area contributed by atoms with Gasteiger partial charge in [0.25, 0.3) is 0 Å². The molecule has 0 aromatic heterocycles. The van der Waals surface area contributed by atoms with E-state index in [4.69, 9.17) is 20.0 Å². The molecule has 2 atom stereocenters. The van der Waals surface area contributed by atoms with Crippen molar-refractivity contribution < 1.29 is 39.5 Å². The molecule has 0 aliphatic carbocycles. The number of carbonyl (C=O) groups is 2. The number of carbonyl (C=O) groups excluding carboxylic acids is 2. The minimum atomic E-state index is -1.32. The van der Waals surface area contributed by atoms with Gasteiger partial charge in [0.05, 0.1) is 12.1 Å². The smallest absolute Gasteiger partial charge is 0.418 e. The maximum absolute atomic E-state index is 12.7. The topological polar surface area (TPSA) is 205 Å². The summed E-state index contributed by atoms with van der Waals surface area (Å²) >= 11 is 0. The van der Waals surface area contributed by atoms with Gasteiger partial charge in [0, 0.05) is 25.9 Å². The number of benzene rings is 2. The lowest BCUT2D eigenvalue weighted by Gasteiger charge is -2.21. The van der Waals surface area contributed by atoms with Crippen molar-refractivity contribution in [3.8, 4) is 35.1 Å². The lowest BCUT2D eigenvalue weighted by molar-refractivity contribution is -0.174. The number of aromatic hydroxyl groups is 4. The first-order valence-corrected chi connectivity index (χ1v) is 11.9. The second-order valence-electron chi connectivity index (χ2n) is 8.22. The van der Waals surface area contributed by atoms with Crippen molar-refractivity contribution in [3.63, 3.8) is 0 Å². The number of hydrogen-bond donors (Lipinski definition) is 6. The van der Waals surface area contributed by atoms with Crippen LogP contribution in [0.15, 0.2) is 36.4 Å². The molecule has 0 unspecified atom stereocenters. The fraction of sp³-hybridized carbons (Fsp3) is 0.385.